The molecule has 2 aliphatic rings. The fourth-order valence-corrected chi connectivity index (χ4v) is 6.47. The molecule has 1 aromatic carbocycles. The van der Waals surface area contributed by atoms with Gasteiger partial charge in [0.05, 0.1) is 17.8 Å². The number of aromatic nitrogens is 4. The Hall–Kier alpha value is -2.58. The highest BCUT2D eigenvalue weighted by Gasteiger charge is 2.51. The van der Waals surface area contributed by atoms with E-state index in [4.69, 9.17) is 9.47 Å². The van der Waals surface area contributed by atoms with Crippen molar-refractivity contribution in [2.75, 3.05) is 25.9 Å². The summed E-state index contributed by atoms with van der Waals surface area (Å²) in [6.07, 6.45) is 3.99. The maximum Gasteiger partial charge on any atom is 0.431 e. The molecule has 15 heteroatoms. The van der Waals surface area contributed by atoms with Gasteiger partial charge in [-0.05, 0) is 45.0 Å². The van der Waals surface area contributed by atoms with Gasteiger partial charge in [0.2, 0.25) is 5.13 Å². The second-order valence-corrected chi connectivity index (χ2v) is 10.8. The maximum atomic E-state index is 15.6. The van der Waals surface area contributed by atoms with Gasteiger partial charge in [-0.3, -0.25) is 4.59 Å². The monoisotopic (exact) mass is 546 g/mol. The fourth-order valence-electron chi connectivity index (χ4n) is 5.59. The minimum absolute atomic E-state index is 0.0647. The van der Waals surface area contributed by atoms with Crippen LogP contribution in [0.4, 0.5) is 13.9 Å². The fraction of sp³-hybridized carbons (Fsp3) is 0.522. The molecule has 38 heavy (non-hydrogen) atoms. The molecule has 3 aromatic rings. The number of hydrogen-bond acceptors (Lipinski definition) is 10. The van der Waals surface area contributed by atoms with Crippen LogP contribution in [0.15, 0.2) is 24.5 Å². The van der Waals surface area contributed by atoms with Crippen LogP contribution in [-0.4, -0.2) is 94.1 Å². The number of fused-ring (bicyclic) bond motifs is 2. The van der Waals surface area contributed by atoms with Gasteiger partial charge in [-0.1, -0.05) is 11.3 Å². The molecular weight excluding hydrogens is 516 g/mol. The van der Waals surface area contributed by atoms with Crippen molar-refractivity contribution >= 4 is 30.6 Å². The Kier molecular flexibility index (Phi) is 7.74. The number of rotatable bonds is 9. The lowest BCUT2D eigenvalue weighted by atomic mass is 9.78. The van der Waals surface area contributed by atoms with Crippen LogP contribution >= 0.6 is 11.3 Å². The smallest absolute Gasteiger partial charge is 0.431 e. The Morgan fingerprint density at radius 2 is 1.97 bits per heavy atom. The molecule has 2 unspecified atom stereocenters. The van der Waals surface area contributed by atoms with E-state index < -0.39 is 32.1 Å². The predicted octanol–water partition coefficient (Wildman–Crippen LogP) is 2.64. The van der Waals surface area contributed by atoms with Gasteiger partial charge in [0.1, 0.15) is 17.7 Å². The van der Waals surface area contributed by atoms with Crippen molar-refractivity contribution in [3.8, 4) is 27.4 Å². The van der Waals surface area contributed by atoms with Crippen LogP contribution in [0.3, 0.4) is 0 Å². The number of nitrogens with zero attached hydrogens (tertiary/aromatic N) is 6. The number of halogens is 2. The minimum atomic E-state index is -1.15. The van der Waals surface area contributed by atoms with Crippen LogP contribution in [0, 0.1) is 5.82 Å². The van der Waals surface area contributed by atoms with E-state index in [1.165, 1.54) is 35.3 Å². The minimum Gasteiger partial charge on any atom is -0.467 e. The van der Waals surface area contributed by atoms with Crippen molar-refractivity contribution < 1.29 is 28.3 Å². The third-order valence-corrected chi connectivity index (χ3v) is 8.47. The molecule has 10 nitrogen and oxygen atoms in total. The zero-order chi connectivity index (χ0) is 27.1. The molecule has 2 saturated heterocycles. The van der Waals surface area contributed by atoms with E-state index in [0.29, 0.717) is 39.9 Å². The Morgan fingerprint density at radius 1 is 1.18 bits per heavy atom. The van der Waals surface area contributed by atoms with Crippen molar-refractivity contribution in [3.63, 3.8) is 0 Å². The highest BCUT2D eigenvalue weighted by molar-refractivity contribution is 7.18. The van der Waals surface area contributed by atoms with Gasteiger partial charge in [-0.25, -0.2) is 8.78 Å². The molecule has 0 saturated carbocycles. The summed E-state index contributed by atoms with van der Waals surface area (Å²) >= 11 is 1.22. The molecule has 4 atom stereocenters. The molecule has 2 aromatic heterocycles. The third-order valence-electron chi connectivity index (χ3n) is 7.42. The molecule has 0 amide bonds. The summed E-state index contributed by atoms with van der Waals surface area (Å²) in [5.41, 5.74) is 1.11. The van der Waals surface area contributed by atoms with E-state index in [1.807, 2.05) is 4.81 Å². The van der Waals surface area contributed by atoms with Gasteiger partial charge < -0.3 is 29.2 Å². The van der Waals surface area contributed by atoms with Gasteiger partial charge in [0.15, 0.2) is 11.8 Å². The van der Waals surface area contributed by atoms with Gasteiger partial charge in [-0.2, -0.15) is 5.10 Å². The molecular formula is C23H30B2F2N6O4S. The lowest BCUT2D eigenvalue weighted by molar-refractivity contribution is 0.0515. The zero-order valence-electron chi connectivity index (χ0n) is 21.7. The van der Waals surface area contributed by atoms with Crippen LogP contribution in [0.1, 0.15) is 19.3 Å². The van der Waals surface area contributed by atoms with Gasteiger partial charge in [0, 0.05) is 43.6 Å². The second-order valence-electron chi connectivity index (χ2n) is 9.85. The van der Waals surface area contributed by atoms with Crippen molar-refractivity contribution in [2.45, 2.75) is 57.2 Å². The largest absolute Gasteiger partial charge is 0.467 e. The Labute approximate surface area is 224 Å². The highest BCUT2D eigenvalue weighted by atomic mass is 32.1. The molecule has 0 spiro atoms. The second kappa shape index (κ2) is 10.9. The molecule has 2 N–H and O–H groups in total. The molecule has 2 aliphatic heterocycles. The number of anilines is 1. The van der Waals surface area contributed by atoms with Crippen LogP contribution in [0.25, 0.3) is 21.7 Å². The summed E-state index contributed by atoms with van der Waals surface area (Å²) in [6, 6.07) is 2.24. The number of alkyl halides is 1. The molecule has 2 bridgehead atoms. The van der Waals surface area contributed by atoms with Crippen molar-refractivity contribution in [3.05, 3.63) is 30.3 Å². The number of ether oxygens (including phenoxy) is 2. The van der Waals surface area contributed by atoms with Crippen molar-refractivity contribution in [1.29, 1.82) is 0 Å². The number of benzene rings is 1. The predicted molar refractivity (Wildman–Crippen MR) is 142 cm³/mol. The molecule has 5 rings (SSSR count). The molecule has 0 aliphatic carbocycles. The topological polar surface area (TPSA) is 109 Å². The van der Waals surface area contributed by atoms with Gasteiger partial charge in [-0.15, -0.1) is 10.2 Å². The summed E-state index contributed by atoms with van der Waals surface area (Å²) in [4.78, 5) is 3.69. The molecule has 202 valence electrons. The Bertz CT molecular complexity index is 1280. The van der Waals surface area contributed by atoms with Crippen LogP contribution in [0.2, 0.25) is 13.6 Å². The van der Waals surface area contributed by atoms with E-state index in [2.05, 4.69) is 15.3 Å². The van der Waals surface area contributed by atoms with Gasteiger partial charge in [0.25, 0.3) is 0 Å². The standard InChI is InChI=1S/C23H30B2F2N6O4S/c1-24(34)32-11-13(10-28-32)15-9-20(37-12-36-4)16(8-17(15)26)22-29-30-23(38-22)31(3)19-7-14-5-6-18(21(19)27)33(14)25(2)35/h8-11,14,18-19,21,34-35H,5-7,12H2,1-4H3/t14?,18?,19-,21+/m0/s1. The van der Waals surface area contributed by atoms with Gasteiger partial charge >= 0.3 is 14.1 Å². The van der Waals surface area contributed by atoms with E-state index >= 15 is 8.78 Å². The number of hydrogen-bond donors (Lipinski definition) is 2. The zero-order valence-corrected chi connectivity index (χ0v) is 22.5. The first-order valence-electron chi connectivity index (χ1n) is 12.5. The van der Waals surface area contributed by atoms with E-state index in [-0.39, 0.29) is 24.4 Å². The lowest BCUT2D eigenvalue weighted by Crippen LogP contribution is -2.60. The summed E-state index contributed by atoms with van der Waals surface area (Å²) in [5, 5.41) is 33.5. The maximum absolute atomic E-state index is 15.6. The molecule has 4 heterocycles. The Morgan fingerprint density at radius 3 is 2.66 bits per heavy atom. The quantitative estimate of drug-likeness (QED) is 0.310. The highest BCUT2D eigenvalue weighted by Crippen LogP contribution is 2.43. The number of piperidine rings is 1. The normalized spacial score (nSPS) is 23.1. The van der Waals surface area contributed by atoms with Crippen LogP contribution < -0.4 is 9.64 Å². The van der Waals surface area contributed by atoms with Crippen molar-refractivity contribution in [2.24, 2.45) is 0 Å². The first-order valence-corrected chi connectivity index (χ1v) is 13.3. The average Bonchev–Trinajstić information content (AvgIpc) is 3.63. The summed E-state index contributed by atoms with van der Waals surface area (Å²) in [5.74, 6) is -0.184. The SMILES string of the molecule is COCOc1cc(-c2cnn(B(C)O)c2)c(F)cc1-c1nnc(N(C)[C@H]2CC3CCC([C@H]2F)N3B(C)O)s1. The van der Waals surface area contributed by atoms with Crippen LogP contribution in [-0.2, 0) is 4.74 Å². The Balaban J connectivity index is 1.43. The molecule has 2 fully saturated rings. The first-order chi connectivity index (χ1) is 18.2. The van der Waals surface area contributed by atoms with E-state index in [0.717, 1.165) is 6.42 Å². The third kappa shape index (κ3) is 4.93. The van der Waals surface area contributed by atoms with E-state index in [1.54, 1.807) is 37.9 Å². The summed E-state index contributed by atoms with van der Waals surface area (Å²) in [7, 11) is 1.74. The summed E-state index contributed by atoms with van der Waals surface area (Å²) in [6.45, 7) is 3.18. The van der Waals surface area contributed by atoms with Crippen molar-refractivity contribution in [1.82, 2.24) is 24.7 Å². The lowest BCUT2D eigenvalue weighted by Gasteiger charge is -2.44. The van der Waals surface area contributed by atoms with Crippen LogP contribution in [0.5, 0.6) is 5.75 Å². The first kappa shape index (κ1) is 27.0. The average molecular weight is 546 g/mol. The number of methoxy groups -OCH3 is 1. The van der Waals surface area contributed by atoms with E-state index in [9.17, 15) is 10.0 Å². The molecule has 0 radical (unpaired) electrons. The summed E-state index contributed by atoms with van der Waals surface area (Å²) < 4.78 is 43.0.